The van der Waals surface area contributed by atoms with Crippen LogP contribution in [0.1, 0.15) is 34.1 Å². The van der Waals surface area contributed by atoms with Crippen LogP contribution >= 0.6 is 0 Å². The second-order valence-electron chi connectivity index (χ2n) is 5.03. The lowest BCUT2D eigenvalue weighted by atomic mass is 10.1. The normalized spacial score (nSPS) is 12.5. The predicted molar refractivity (Wildman–Crippen MR) is 80.0 cm³/mol. The van der Waals surface area contributed by atoms with E-state index >= 15 is 0 Å². The standard InChI is InChI=1S/C16H27NO2/c1-5-11-18-14-7-9-15(10-8-14)19-16(13(3)4)12-17-6-2/h7-10,13,16-17H,5-6,11-12H2,1-4H3. The molecule has 0 spiro atoms. The van der Waals surface area contributed by atoms with Gasteiger partial charge in [-0.1, -0.05) is 27.7 Å². The van der Waals surface area contributed by atoms with E-state index in [1.165, 1.54) is 0 Å². The molecule has 1 rings (SSSR count). The summed E-state index contributed by atoms with van der Waals surface area (Å²) < 4.78 is 11.6. The zero-order valence-corrected chi connectivity index (χ0v) is 12.6. The molecule has 0 bridgehead atoms. The number of benzene rings is 1. The largest absolute Gasteiger partial charge is 0.494 e. The van der Waals surface area contributed by atoms with Gasteiger partial charge in [0.25, 0.3) is 0 Å². The van der Waals surface area contributed by atoms with Gasteiger partial charge in [0.15, 0.2) is 0 Å². The minimum atomic E-state index is 0.197. The third-order valence-corrected chi connectivity index (χ3v) is 2.92. The van der Waals surface area contributed by atoms with Gasteiger partial charge < -0.3 is 14.8 Å². The van der Waals surface area contributed by atoms with Crippen LogP contribution < -0.4 is 14.8 Å². The quantitative estimate of drug-likeness (QED) is 0.741. The topological polar surface area (TPSA) is 30.5 Å². The highest BCUT2D eigenvalue weighted by molar-refractivity contribution is 5.31. The van der Waals surface area contributed by atoms with E-state index in [4.69, 9.17) is 9.47 Å². The van der Waals surface area contributed by atoms with Crippen LogP contribution in [0.5, 0.6) is 11.5 Å². The zero-order chi connectivity index (χ0) is 14.1. The monoisotopic (exact) mass is 265 g/mol. The molecule has 0 saturated carbocycles. The molecule has 0 heterocycles. The highest BCUT2D eigenvalue weighted by atomic mass is 16.5. The SMILES string of the molecule is CCCOc1ccc(OC(CNCC)C(C)C)cc1. The summed E-state index contributed by atoms with van der Waals surface area (Å²) in [5.74, 6) is 2.29. The number of hydrogen-bond donors (Lipinski definition) is 1. The molecule has 1 aromatic rings. The van der Waals surface area contributed by atoms with Crippen LogP contribution in [0.3, 0.4) is 0 Å². The summed E-state index contributed by atoms with van der Waals surface area (Å²) in [5.41, 5.74) is 0. The van der Waals surface area contributed by atoms with Crippen LogP contribution in [0.25, 0.3) is 0 Å². The number of ether oxygens (including phenoxy) is 2. The first kappa shape index (κ1) is 15.8. The van der Waals surface area contributed by atoms with Gasteiger partial charge in [0.1, 0.15) is 17.6 Å². The maximum absolute atomic E-state index is 6.02. The van der Waals surface area contributed by atoms with Crippen molar-refractivity contribution in [2.75, 3.05) is 19.7 Å². The third kappa shape index (κ3) is 5.97. The molecular weight excluding hydrogens is 238 g/mol. The van der Waals surface area contributed by atoms with Crippen molar-refractivity contribution in [3.63, 3.8) is 0 Å². The van der Waals surface area contributed by atoms with Crippen LogP contribution in [0.15, 0.2) is 24.3 Å². The molecule has 0 aliphatic rings. The molecule has 1 unspecified atom stereocenters. The van der Waals surface area contributed by atoms with Gasteiger partial charge in [0, 0.05) is 6.54 Å². The summed E-state index contributed by atoms with van der Waals surface area (Å²) in [6.45, 7) is 11.2. The Morgan fingerprint density at radius 1 is 1.05 bits per heavy atom. The van der Waals surface area contributed by atoms with E-state index in [0.29, 0.717) is 5.92 Å². The average molecular weight is 265 g/mol. The molecule has 3 nitrogen and oxygen atoms in total. The first-order valence-corrected chi connectivity index (χ1v) is 7.27. The second-order valence-corrected chi connectivity index (χ2v) is 5.03. The molecule has 0 saturated heterocycles. The van der Waals surface area contributed by atoms with Gasteiger partial charge in [-0.15, -0.1) is 0 Å². The fourth-order valence-electron chi connectivity index (χ4n) is 1.71. The summed E-state index contributed by atoms with van der Waals surface area (Å²) in [6, 6.07) is 7.89. The van der Waals surface area contributed by atoms with Gasteiger partial charge in [0.05, 0.1) is 6.61 Å². The van der Waals surface area contributed by atoms with Crippen molar-refractivity contribution < 1.29 is 9.47 Å². The summed E-state index contributed by atoms with van der Waals surface area (Å²) in [7, 11) is 0. The Bertz CT molecular complexity index is 335. The number of hydrogen-bond acceptors (Lipinski definition) is 3. The molecule has 0 radical (unpaired) electrons. The van der Waals surface area contributed by atoms with E-state index in [-0.39, 0.29) is 6.10 Å². The molecule has 108 valence electrons. The van der Waals surface area contributed by atoms with Gasteiger partial charge in [-0.3, -0.25) is 0 Å². The van der Waals surface area contributed by atoms with Crippen molar-refractivity contribution in [2.45, 2.75) is 40.2 Å². The van der Waals surface area contributed by atoms with Crippen LogP contribution in [-0.4, -0.2) is 25.8 Å². The Morgan fingerprint density at radius 2 is 1.68 bits per heavy atom. The van der Waals surface area contributed by atoms with Gasteiger partial charge in [-0.05, 0) is 43.1 Å². The van der Waals surface area contributed by atoms with Crippen molar-refractivity contribution in [2.24, 2.45) is 5.92 Å². The Balaban J connectivity index is 2.54. The molecule has 1 N–H and O–H groups in total. The van der Waals surface area contributed by atoms with E-state index in [2.05, 4.69) is 33.0 Å². The van der Waals surface area contributed by atoms with Gasteiger partial charge in [-0.2, -0.15) is 0 Å². The highest BCUT2D eigenvalue weighted by Crippen LogP contribution is 2.20. The van der Waals surface area contributed by atoms with Crippen molar-refractivity contribution in [1.82, 2.24) is 5.32 Å². The average Bonchev–Trinajstić information content (AvgIpc) is 2.42. The van der Waals surface area contributed by atoms with Crippen LogP contribution in [0, 0.1) is 5.92 Å². The molecule has 0 fully saturated rings. The molecule has 1 atom stereocenters. The van der Waals surface area contributed by atoms with E-state index < -0.39 is 0 Å². The highest BCUT2D eigenvalue weighted by Gasteiger charge is 2.14. The minimum absolute atomic E-state index is 0.197. The fourth-order valence-corrected chi connectivity index (χ4v) is 1.71. The van der Waals surface area contributed by atoms with Crippen molar-refractivity contribution >= 4 is 0 Å². The molecule has 19 heavy (non-hydrogen) atoms. The molecule has 0 aliphatic carbocycles. The lowest BCUT2D eigenvalue weighted by molar-refractivity contribution is 0.149. The molecule has 0 aromatic heterocycles. The Hall–Kier alpha value is -1.22. The first-order chi connectivity index (χ1) is 9.17. The first-order valence-electron chi connectivity index (χ1n) is 7.27. The Morgan fingerprint density at radius 3 is 2.21 bits per heavy atom. The fraction of sp³-hybridized carbons (Fsp3) is 0.625. The Labute approximate surface area is 117 Å². The number of rotatable bonds is 9. The molecule has 0 amide bonds. The summed E-state index contributed by atoms with van der Waals surface area (Å²) in [5, 5.41) is 3.34. The van der Waals surface area contributed by atoms with Crippen LogP contribution in [0.2, 0.25) is 0 Å². The van der Waals surface area contributed by atoms with Crippen molar-refractivity contribution in [3.8, 4) is 11.5 Å². The predicted octanol–water partition coefficient (Wildman–Crippen LogP) is 3.49. The molecular formula is C16H27NO2. The molecule has 1 aromatic carbocycles. The van der Waals surface area contributed by atoms with Gasteiger partial charge in [-0.25, -0.2) is 0 Å². The summed E-state index contributed by atoms with van der Waals surface area (Å²) in [6.07, 6.45) is 1.22. The van der Waals surface area contributed by atoms with E-state index in [0.717, 1.165) is 37.6 Å². The number of nitrogens with one attached hydrogen (secondary N) is 1. The second kappa shape index (κ2) is 8.81. The molecule has 3 heteroatoms. The smallest absolute Gasteiger partial charge is 0.120 e. The Kier molecular flexibility index (Phi) is 7.34. The summed E-state index contributed by atoms with van der Waals surface area (Å²) >= 11 is 0. The maximum Gasteiger partial charge on any atom is 0.120 e. The van der Waals surface area contributed by atoms with E-state index in [1.54, 1.807) is 0 Å². The van der Waals surface area contributed by atoms with E-state index in [9.17, 15) is 0 Å². The lowest BCUT2D eigenvalue weighted by Gasteiger charge is -2.23. The maximum atomic E-state index is 6.02. The van der Waals surface area contributed by atoms with Gasteiger partial charge in [0.2, 0.25) is 0 Å². The van der Waals surface area contributed by atoms with E-state index in [1.807, 2.05) is 24.3 Å². The lowest BCUT2D eigenvalue weighted by Crippen LogP contribution is -2.35. The van der Waals surface area contributed by atoms with Gasteiger partial charge >= 0.3 is 0 Å². The van der Waals surface area contributed by atoms with Crippen LogP contribution in [-0.2, 0) is 0 Å². The third-order valence-electron chi connectivity index (χ3n) is 2.92. The zero-order valence-electron chi connectivity index (χ0n) is 12.6. The summed E-state index contributed by atoms with van der Waals surface area (Å²) in [4.78, 5) is 0. The molecule has 0 aliphatic heterocycles. The van der Waals surface area contributed by atoms with Crippen LogP contribution in [0.4, 0.5) is 0 Å². The van der Waals surface area contributed by atoms with Crippen molar-refractivity contribution in [1.29, 1.82) is 0 Å². The minimum Gasteiger partial charge on any atom is -0.494 e. The number of likely N-dealkylation sites (N-methyl/N-ethyl adjacent to an activating group) is 1. The van der Waals surface area contributed by atoms with Crippen molar-refractivity contribution in [3.05, 3.63) is 24.3 Å².